The lowest BCUT2D eigenvalue weighted by Crippen LogP contribution is -2.50. The molecule has 4 rings (SSSR count). The molecule has 3 saturated carbocycles. The molecule has 128 valence electrons. The summed E-state index contributed by atoms with van der Waals surface area (Å²) in [7, 11) is 0. The van der Waals surface area contributed by atoms with E-state index in [0.717, 1.165) is 43.4 Å². The maximum Gasteiger partial charge on any atom is 0.133 e. The first-order valence-corrected chi connectivity index (χ1v) is 9.74. The molecule has 0 saturated heterocycles. The number of ketones is 1. The van der Waals surface area contributed by atoms with Gasteiger partial charge in [0.1, 0.15) is 5.78 Å². The van der Waals surface area contributed by atoms with Crippen LogP contribution >= 0.6 is 0 Å². The van der Waals surface area contributed by atoms with E-state index >= 15 is 0 Å². The zero-order valence-electron chi connectivity index (χ0n) is 15.0. The Morgan fingerprint density at radius 2 is 1.91 bits per heavy atom. The van der Waals surface area contributed by atoms with E-state index in [1.807, 2.05) is 6.92 Å². The van der Waals surface area contributed by atoms with Crippen molar-refractivity contribution in [2.24, 2.45) is 34.5 Å². The number of Topliss-reactive ketones (excluding diaryl/α,β-unsaturated/α-hetero) is 1. The molecular weight excluding hydrogens is 284 g/mol. The Morgan fingerprint density at radius 3 is 2.65 bits per heavy atom. The van der Waals surface area contributed by atoms with E-state index < -0.39 is 0 Å². The van der Waals surface area contributed by atoms with Gasteiger partial charge in [0.05, 0.1) is 6.10 Å². The molecule has 0 aliphatic heterocycles. The molecule has 0 spiro atoms. The summed E-state index contributed by atoms with van der Waals surface area (Å²) in [6.45, 7) is 6.70. The lowest BCUT2D eigenvalue weighted by atomic mass is 9.47. The first kappa shape index (κ1) is 15.9. The van der Waals surface area contributed by atoms with E-state index in [0.29, 0.717) is 17.1 Å². The Balaban J connectivity index is 1.66. The Kier molecular flexibility index (Phi) is 3.58. The van der Waals surface area contributed by atoms with Crippen LogP contribution in [0.4, 0.5) is 0 Å². The Labute approximate surface area is 140 Å². The molecule has 2 heteroatoms. The molecule has 1 N–H and O–H groups in total. The Bertz CT molecular complexity index is 550. The number of aliphatic hydroxyl groups is 1. The normalized spacial score (nSPS) is 52.2. The van der Waals surface area contributed by atoms with E-state index in [9.17, 15) is 9.90 Å². The molecule has 0 bridgehead atoms. The van der Waals surface area contributed by atoms with Crippen molar-refractivity contribution in [3.05, 3.63) is 11.6 Å². The first-order chi connectivity index (χ1) is 10.9. The van der Waals surface area contributed by atoms with Crippen molar-refractivity contribution in [3.8, 4) is 0 Å². The van der Waals surface area contributed by atoms with Gasteiger partial charge in [0.25, 0.3) is 0 Å². The predicted molar refractivity (Wildman–Crippen MR) is 91.9 cm³/mol. The van der Waals surface area contributed by atoms with Gasteiger partial charge in [0.15, 0.2) is 0 Å². The first-order valence-electron chi connectivity index (χ1n) is 9.74. The van der Waals surface area contributed by atoms with E-state index in [1.54, 1.807) is 5.57 Å². The zero-order chi connectivity index (χ0) is 16.4. The highest BCUT2D eigenvalue weighted by Gasteiger charge is 2.59. The molecule has 4 aliphatic rings. The van der Waals surface area contributed by atoms with Crippen LogP contribution in [0.15, 0.2) is 11.6 Å². The molecule has 0 amide bonds. The lowest BCUT2D eigenvalue weighted by Gasteiger charge is -2.57. The molecule has 2 nitrogen and oxygen atoms in total. The van der Waals surface area contributed by atoms with Gasteiger partial charge in [-0.1, -0.05) is 25.5 Å². The average Bonchev–Trinajstić information content (AvgIpc) is 2.85. The molecule has 3 fully saturated rings. The predicted octanol–water partition coefficient (Wildman–Crippen LogP) is 4.52. The third kappa shape index (κ3) is 2.13. The van der Waals surface area contributed by atoms with Crippen LogP contribution in [0, 0.1) is 34.5 Å². The van der Waals surface area contributed by atoms with Gasteiger partial charge in [-0.25, -0.2) is 0 Å². The minimum absolute atomic E-state index is 0.117. The van der Waals surface area contributed by atoms with Gasteiger partial charge in [-0.2, -0.15) is 0 Å². The minimum Gasteiger partial charge on any atom is -0.393 e. The van der Waals surface area contributed by atoms with Gasteiger partial charge >= 0.3 is 0 Å². The summed E-state index contributed by atoms with van der Waals surface area (Å²) < 4.78 is 0. The van der Waals surface area contributed by atoms with E-state index in [4.69, 9.17) is 0 Å². The molecule has 0 heterocycles. The minimum atomic E-state index is -0.117. The molecular formula is C21H32O2. The van der Waals surface area contributed by atoms with Gasteiger partial charge in [0.2, 0.25) is 0 Å². The molecule has 23 heavy (non-hydrogen) atoms. The summed E-state index contributed by atoms with van der Waals surface area (Å²) in [6, 6.07) is 0. The Hall–Kier alpha value is -0.630. The van der Waals surface area contributed by atoms with Crippen LogP contribution in [-0.4, -0.2) is 17.0 Å². The second kappa shape index (κ2) is 5.18. The number of carbonyl (C=O) groups excluding carboxylic acids is 1. The summed E-state index contributed by atoms with van der Waals surface area (Å²) >= 11 is 0. The topological polar surface area (TPSA) is 37.3 Å². The molecule has 7 atom stereocenters. The highest BCUT2D eigenvalue weighted by molar-refractivity contribution is 5.79. The largest absolute Gasteiger partial charge is 0.393 e. The summed E-state index contributed by atoms with van der Waals surface area (Å²) in [6.07, 6.45) is 11.5. The van der Waals surface area contributed by atoms with Crippen molar-refractivity contribution in [1.82, 2.24) is 0 Å². The van der Waals surface area contributed by atoms with Crippen molar-refractivity contribution >= 4 is 5.78 Å². The van der Waals surface area contributed by atoms with Gasteiger partial charge in [-0.05, 0) is 86.9 Å². The van der Waals surface area contributed by atoms with Crippen molar-refractivity contribution in [1.29, 1.82) is 0 Å². The number of carbonyl (C=O) groups is 1. The zero-order valence-corrected chi connectivity index (χ0v) is 15.0. The monoisotopic (exact) mass is 316 g/mol. The quantitative estimate of drug-likeness (QED) is 0.722. The van der Waals surface area contributed by atoms with Crippen LogP contribution in [0.2, 0.25) is 0 Å². The number of fused-ring (bicyclic) bond motifs is 5. The summed E-state index contributed by atoms with van der Waals surface area (Å²) in [5.74, 6) is 3.00. The fraction of sp³-hybridized carbons (Fsp3) is 0.857. The third-order valence-electron chi connectivity index (χ3n) is 8.57. The summed E-state index contributed by atoms with van der Waals surface area (Å²) in [5.41, 5.74) is 2.11. The number of rotatable bonds is 1. The van der Waals surface area contributed by atoms with Crippen molar-refractivity contribution in [2.45, 2.75) is 78.2 Å². The molecule has 0 aromatic rings. The van der Waals surface area contributed by atoms with Crippen molar-refractivity contribution in [3.63, 3.8) is 0 Å². The van der Waals surface area contributed by atoms with Crippen molar-refractivity contribution < 1.29 is 9.90 Å². The van der Waals surface area contributed by atoms with Crippen LogP contribution in [-0.2, 0) is 4.79 Å². The number of hydrogen-bond acceptors (Lipinski definition) is 2. The van der Waals surface area contributed by atoms with Crippen LogP contribution in [0.5, 0.6) is 0 Å². The number of allylic oxidation sites excluding steroid dienone is 1. The molecule has 0 radical (unpaired) electrons. The van der Waals surface area contributed by atoms with Crippen LogP contribution in [0.1, 0.15) is 72.1 Å². The van der Waals surface area contributed by atoms with Crippen LogP contribution in [0.3, 0.4) is 0 Å². The van der Waals surface area contributed by atoms with E-state index in [1.165, 1.54) is 25.7 Å². The maximum absolute atomic E-state index is 12.2. The molecule has 0 unspecified atom stereocenters. The third-order valence-corrected chi connectivity index (χ3v) is 8.57. The van der Waals surface area contributed by atoms with Crippen molar-refractivity contribution in [2.75, 3.05) is 0 Å². The molecule has 0 aromatic heterocycles. The van der Waals surface area contributed by atoms with E-state index in [2.05, 4.69) is 19.9 Å². The second-order valence-corrected chi connectivity index (χ2v) is 9.44. The summed E-state index contributed by atoms with van der Waals surface area (Å²) in [4.78, 5) is 12.2. The fourth-order valence-electron chi connectivity index (χ4n) is 7.31. The van der Waals surface area contributed by atoms with Gasteiger partial charge in [-0.15, -0.1) is 0 Å². The fourth-order valence-corrected chi connectivity index (χ4v) is 7.31. The van der Waals surface area contributed by atoms with Crippen LogP contribution in [0.25, 0.3) is 0 Å². The summed E-state index contributed by atoms with van der Waals surface area (Å²) in [5, 5.41) is 10.1. The van der Waals surface area contributed by atoms with E-state index in [-0.39, 0.29) is 11.5 Å². The number of hydrogen-bond donors (Lipinski definition) is 1. The van der Waals surface area contributed by atoms with Gasteiger partial charge in [-0.3, -0.25) is 4.79 Å². The SMILES string of the molecule is CC(=O)[C@H]1CC[C@H]2[C@@H]3CC=C4C[C@@H](O)CC[C@]4(C)[C@H]3CC[C@@]12C. The average molecular weight is 316 g/mol. The lowest BCUT2D eigenvalue weighted by molar-refractivity contribution is -0.127. The van der Waals surface area contributed by atoms with Crippen LogP contribution < -0.4 is 0 Å². The highest BCUT2D eigenvalue weighted by atomic mass is 16.3. The standard InChI is InChI=1S/C21H32O2/c1-13(22)17-6-7-18-16-5-4-14-12-15(23)8-10-20(14,2)19(16)9-11-21(17,18)3/h4,15-19,23H,5-12H2,1-3H3/t15-,16-,17+,18-,19-,20-,21-/m0/s1. The highest BCUT2D eigenvalue weighted by Crippen LogP contribution is 2.66. The smallest absolute Gasteiger partial charge is 0.133 e. The molecule has 4 aliphatic carbocycles. The maximum atomic E-state index is 12.2. The Morgan fingerprint density at radius 1 is 1.13 bits per heavy atom. The number of aliphatic hydroxyl groups excluding tert-OH is 1. The second-order valence-electron chi connectivity index (χ2n) is 9.44. The molecule has 0 aromatic carbocycles. The van der Waals surface area contributed by atoms with Gasteiger partial charge < -0.3 is 5.11 Å². The van der Waals surface area contributed by atoms with Gasteiger partial charge in [0, 0.05) is 5.92 Å².